The lowest BCUT2D eigenvalue weighted by Gasteiger charge is -2.31. The molecule has 1 atom stereocenters. The van der Waals surface area contributed by atoms with E-state index in [0.29, 0.717) is 51.6 Å². The molecule has 1 aliphatic rings. The number of hydrogen-bond donors (Lipinski definition) is 3. The Morgan fingerprint density at radius 2 is 1.84 bits per heavy atom. The van der Waals surface area contributed by atoms with Crippen LogP contribution in [0.3, 0.4) is 0 Å². The number of hydrazone groups is 1. The van der Waals surface area contributed by atoms with Gasteiger partial charge in [-0.15, -0.1) is 0 Å². The molecule has 1 heterocycles. The Kier molecular flexibility index (Phi) is 7.05. The predicted molar refractivity (Wildman–Crippen MR) is 124 cm³/mol. The summed E-state index contributed by atoms with van der Waals surface area (Å²) in [7, 11) is 2.78. The second-order valence-corrected chi connectivity index (χ2v) is 7.99. The van der Waals surface area contributed by atoms with Crippen LogP contribution in [-0.4, -0.2) is 54.2 Å². The first-order valence-corrected chi connectivity index (χ1v) is 10.3. The van der Waals surface area contributed by atoms with Gasteiger partial charge in [0.1, 0.15) is 29.1 Å². The van der Waals surface area contributed by atoms with E-state index >= 15 is 0 Å². The van der Waals surface area contributed by atoms with E-state index in [-0.39, 0.29) is 17.3 Å². The molecule has 2 aromatic rings. The highest BCUT2D eigenvalue weighted by molar-refractivity contribution is 6.56. The van der Waals surface area contributed by atoms with Gasteiger partial charge in [-0.1, -0.05) is 13.8 Å². The molecule has 3 rings (SSSR count). The van der Waals surface area contributed by atoms with Gasteiger partial charge in [0, 0.05) is 22.5 Å². The Labute approximate surface area is 187 Å². The van der Waals surface area contributed by atoms with Crippen molar-refractivity contribution in [2.75, 3.05) is 21.3 Å². The largest absolute Gasteiger partial charge is 0.501 e. The van der Waals surface area contributed by atoms with Crippen LogP contribution in [-0.2, 0) is 4.74 Å². The zero-order valence-corrected chi connectivity index (χ0v) is 19.2. The van der Waals surface area contributed by atoms with Gasteiger partial charge in [0.25, 0.3) is 0 Å². The first kappa shape index (κ1) is 23.6. The van der Waals surface area contributed by atoms with Crippen molar-refractivity contribution in [2.24, 2.45) is 22.8 Å². The highest BCUT2D eigenvalue weighted by Crippen LogP contribution is 2.43. The molecule has 1 unspecified atom stereocenters. The van der Waals surface area contributed by atoms with Crippen LogP contribution in [0.25, 0.3) is 16.5 Å². The highest BCUT2D eigenvalue weighted by Gasteiger charge is 2.39. The van der Waals surface area contributed by atoms with Crippen molar-refractivity contribution in [3.63, 3.8) is 0 Å². The molecule has 0 fully saturated rings. The molecule has 170 valence electrons. The number of rotatable bonds is 7. The molecular formula is C22H29BN4O5. The van der Waals surface area contributed by atoms with Crippen molar-refractivity contribution in [2.45, 2.75) is 27.2 Å². The number of benzene rings is 1. The number of fused-ring (bicyclic) bond motifs is 1. The average Bonchev–Trinajstić information content (AvgIpc) is 2.77. The van der Waals surface area contributed by atoms with Crippen LogP contribution < -0.4 is 15.3 Å². The Morgan fingerprint density at radius 3 is 2.38 bits per heavy atom. The minimum Gasteiger partial charge on any atom is -0.501 e. The van der Waals surface area contributed by atoms with Gasteiger partial charge >= 0.3 is 7.12 Å². The summed E-state index contributed by atoms with van der Waals surface area (Å²) in [6.07, 6.45) is 2.01. The molecule has 0 bridgehead atoms. The number of aromatic nitrogens is 2. The van der Waals surface area contributed by atoms with Gasteiger partial charge in [0.05, 0.1) is 38.7 Å². The molecule has 1 aromatic carbocycles. The smallest absolute Gasteiger partial charge is 0.492 e. The monoisotopic (exact) mass is 440 g/mol. The summed E-state index contributed by atoms with van der Waals surface area (Å²) in [5, 5.41) is 25.6. The summed E-state index contributed by atoms with van der Waals surface area (Å²) >= 11 is 0. The number of allylic oxidation sites excluding steroid dienone is 4. The maximum atomic E-state index is 10.4. The molecule has 0 spiro atoms. The fraction of sp³-hybridized carbons (Fsp3) is 0.409. The molecule has 9 nitrogen and oxygen atoms in total. The van der Waals surface area contributed by atoms with E-state index in [4.69, 9.17) is 20.1 Å². The lowest BCUT2D eigenvalue weighted by Crippen LogP contribution is -2.32. The van der Waals surface area contributed by atoms with Crippen molar-refractivity contribution in [1.29, 1.82) is 0 Å². The summed E-state index contributed by atoms with van der Waals surface area (Å²) < 4.78 is 16.6. The average molecular weight is 440 g/mol. The topological polar surface area (TPSA) is 132 Å². The Morgan fingerprint density at radius 1 is 1.12 bits per heavy atom. The minimum absolute atomic E-state index is 0.227. The molecule has 4 N–H and O–H groups in total. The maximum Gasteiger partial charge on any atom is 0.492 e. The minimum atomic E-state index is -1.80. The number of hydrogen-bond acceptors (Lipinski definition) is 9. The third kappa shape index (κ3) is 4.03. The Hall–Kier alpha value is -3.11. The van der Waals surface area contributed by atoms with E-state index in [1.165, 1.54) is 13.4 Å². The molecule has 32 heavy (non-hydrogen) atoms. The van der Waals surface area contributed by atoms with Gasteiger partial charge in [-0.25, -0.2) is 9.97 Å². The number of ether oxygens (including phenoxy) is 3. The van der Waals surface area contributed by atoms with Crippen LogP contribution in [0.2, 0.25) is 0 Å². The van der Waals surface area contributed by atoms with Crippen LogP contribution in [0.1, 0.15) is 32.9 Å². The van der Waals surface area contributed by atoms with Crippen molar-refractivity contribution in [3.8, 4) is 11.5 Å². The van der Waals surface area contributed by atoms with Crippen LogP contribution in [0, 0.1) is 11.8 Å². The maximum absolute atomic E-state index is 10.4. The van der Waals surface area contributed by atoms with E-state index in [2.05, 4.69) is 28.9 Å². The Bertz CT molecular complexity index is 1110. The lowest BCUT2D eigenvalue weighted by atomic mass is 9.64. The van der Waals surface area contributed by atoms with Crippen LogP contribution in [0.4, 0.5) is 0 Å². The van der Waals surface area contributed by atoms with Crippen LogP contribution >= 0.6 is 0 Å². The van der Waals surface area contributed by atoms with E-state index in [1.54, 1.807) is 26.4 Å². The molecule has 1 aromatic heterocycles. The SMILES string of the molecule is COC1=C(B(O)O)C(c2ncnc3c(OC)cc(OC)cc23)=C(CC(C)C)/C(=N/N)C1C. The van der Waals surface area contributed by atoms with Gasteiger partial charge in [0.15, 0.2) is 0 Å². The second-order valence-electron chi connectivity index (χ2n) is 7.99. The summed E-state index contributed by atoms with van der Waals surface area (Å²) in [6, 6.07) is 3.52. The van der Waals surface area contributed by atoms with Gasteiger partial charge in [-0.3, -0.25) is 0 Å². The quantitative estimate of drug-likeness (QED) is 0.340. The zero-order chi connectivity index (χ0) is 23.6. The fourth-order valence-corrected chi connectivity index (χ4v) is 4.23. The second kappa shape index (κ2) is 9.58. The molecule has 0 saturated heterocycles. The lowest BCUT2D eigenvalue weighted by molar-refractivity contribution is 0.261. The normalized spacial score (nSPS) is 18.0. The number of nitrogens with two attached hydrogens (primary N) is 1. The zero-order valence-electron chi connectivity index (χ0n) is 19.2. The van der Waals surface area contributed by atoms with Crippen LogP contribution in [0.5, 0.6) is 11.5 Å². The number of nitrogens with zero attached hydrogens (tertiary/aromatic N) is 3. The summed E-state index contributed by atoms with van der Waals surface area (Å²) in [4.78, 5) is 8.94. The third-order valence-corrected chi connectivity index (χ3v) is 5.55. The van der Waals surface area contributed by atoms with E-state index < -0.39 is 7.12 Å². The molecule has 0 amide bonds. The van der Waals surface area contributed by atoms with E-state index in [0.717, 1.165) is 5.57 Å². The number of methoxy groups -OCH3 is 3. The first-order valence-electron chi connectivity index (χ1n) is 10.3. The summed E-state index contributed by atoms with van der Waals surface area (Å²) in [6.45, 7) is 6.00. The van der Waals surface area contributed by atoms with Gasteiger partial charge in [-0.05, 0) is 30.9 Å². The van der Waals surface area contributed by atoms with Crippen molar-refractivity contribution in [3.05, 3.63) is 41.0 Å². The Balaban J connectivity index is 2.51. The third-order valence-electron chi connectivity index (χ3n) is 5.55. The molecule has 0 saturated carbocycles. The molecule has 0 aliphatic heterocycles. The van der Waals surface area contributed by atoms with Crippen molar-refractivity contribution >= 4 is 29.3 Å². The van der Waals surface area contributed by atoms with Crippen molar-refractivity contribution < 1.29 is 24.3 Å². The van der Waals surface area contributed by atoms with E-state index in [9.17, 15) is 10.0 Å². The molecule has 1 aliphatic carbocycles. The van der Waals surface area contributed by atoms with E-state index in [1.807, 2.05) is 6.92 Å². The van der Waals surface area contributed by atoms with Crippen LogP contribution in [0.15, 0.2) is 40.4 Å². The fourth-order valence-electron chi connectivity index (χ4n) is 4.23. The van der Waals surface area contributed by atoms with Gasteiger partial charge in [-0.2, -0.15) is 5.10 Å². The van der Waals surface area contributed by atoms with Gasteiger partial charge in [0.2, 0.25) is 0 Å². The predicted octanol–water partition coefficient (Wildman–Crippen LogP) is 2.32. The highest BCUT2D eigenvalue weighted by atomic mass is 16.5. The summed E-state index contributed by atoms with van der Waals surface area (Å²) in [5.74, 6) is 7.12. The van der Waals surface area contributed by atoms with Gasteiger partial charge < -0.3 is 30.1 Å². The summed E-state index contributed by atoms with van der Waals surface area (Å²) in [5.41, 5.74) is 3.16. The molecule has 10 heteroatoms. The standard InChI is InChI=1S/C22H29BN4O5/c1-11(2)7-14-17(18(23(28)29)22(32-6)12(3)19(14)27-24)21-15-8-13(30-4)9-16(31-5)20(15)25-10-26-21/h8-12,28-29H,7,24H2,1-6H3/b27-19+. The molecule has 0 radical (unpaired) electrons. The molecular weight excluding hydrogens is 411 g/mol. The van der Waals surface area contributed by atoms with Crippen molar-refractivity contribution in [1.82, 2.24) is 9.97 Å². The first-order chi connectivity index (χ1) is 15.3.